The number of nitrogens with one attached hydrogen (secondary N) is 1. The molecule has 1 aromatic carbocycles. The lowest BCUT2D eigenvalue weighted by Crippen LogP contribution is -2.54. The number of benzene rings is 1. The van der Waals surface area contributed by atoms with E-state index in [4.69, 9.17) is 5.73 Å². The summed E-state index contributed by atoms with van der Waals surface area (Å²) in [4.78, 5) is 11.3. The zero-order valence-corrected chi connectivity index (χ0v) is 9.79. The minimum Gasteiger partial charge on any atom is -0.368 e. The number of hydrogen-bond acceptors (Lipinski definition) is 2. The molecule has 2 rings (SSSR count). The van der Waals surface area contributed by atoms with E-state index >= 15 is 0 Å². The van der Waals surface area contributed by atoms with Crippen LogP contribution < -0.4 is 11.1 Å². The quantitative estimate of drug-likeness (QED) is 0.805. The summed E-state index contributed by atoms with van der Waals surface area (Å²) in [7, 11) is 0. The van der Waals surface area contributed by atoms with Crippen LogP contribution in [0.1, 0.15) is 32.3 Å². The van der Waals surface area contributed by atoms with Crippen LogP contribution in [0.5, 0.6) is 0 Å². The SMILES string of the molecule is CC(C)(NC1(c2ccccc2)CC1)C(N)=O. The maximum atomic E-state index is 11.3. The van der Waals surface area contributed by atoms with Gasteiger partial charge in [-0.25, -0.2) is 0 Å². The van der Waals surface area contributed by atoms with Gasteiger partial charge < -0.3 is 5.73 Å². The van der Waals surface area contributed by atoms with Crippen molar-refractivity contribution in [2.75, 3.05) is 0 Å². The minimum absolute atomic E-state index is 0.0419. The third-order valence-electron chi connectivity index (χ3n) is 3.24. The van der Waals surface area contributed by atoms with Gasteiger partial charge in [0.25, 0.3) is 0 Å². The first-order valence-corrected chi connectivity index (χ1v) is 5.61. The lowest BCUT2D eigenvalue weighted by atomic mass is 9.98. The van der Waals surface area contributed by atoms with Crippen molar-refractivity contribution in [3.63, 3.8) is 0 Å². The van der Waals surface area contributed by atoms with E-state index in [9.17, 15) is 4.79 Å². The molecular formula is C13H18N2O. The summed E-state index contributed by atoms with van der Waals surface area (Å²) in [5, 5.41) is 3.38. The molecule has 3 nitrogen and oxygen atoms in total. The van der Waals surface area contributed by atoms with Gasteiger partial charge in [-0.15, -0.1) is 0 Å². The number of carbonyl (C=O) groups is 1. The molecular weight excluding hydrogens is 200 g/mol. The Labute approximate surface area is 96.0 Å². The van der Waals surface area contributed by atoms with E-state index in [0.29, 0.717) is 0 Å². The van der Waals surface area contributed by atoms with Gasteiger partial charge in [0.15, 0.2) is 0 Å². The molecule has 1 aliphatic carbocycles. The average molecular weight is 218 g/mol. The first kappa shape index (κ1) is 11.1. The van der Waals surface area contributed by atoms with Gasteiger partial charge in [0, 0.05) is 5.54 Å². The highest BCUT2D eigenvalue weighted by Gasteiger charge is 2.48. The lowest BCUT2D eigenvalue weighted by Gasteiger charge is -2.29. The fraction of sp³-hybridized carbons (Fsp3) is 0.462. The summed E-state index contributed by atoms with van der Waals surface area (Å²) in [5.74, 6) is -0.310. The van der Waals surface area contributed by atoms with Gasteiger partial charge in [-0.05, 0) is 32.3 Å². The van der Waals surface area contributed by atoms with Crippen LogP contribution in [0.2, 0.25) is 0 Å². The Morgan fingerprint density at radius 3 is 2.31 bits per heavy atom. The van der Waals surface area contributed by atoms with Gasteiger partial charge in [0.1, 0.15) is 0 Å². The summed E-state index contributed by atoms with van der Waals surface area (Å²) in [6.07, 6.45) is 2.13. The second kappa shape index (κ2) is 3.59. The summed E-state index contributed by atoms with van der Waals surface area (Å²) in [5.41, 5.74) is 5.92. The first-order valence-electron chi connectivity index (χ1n) is 5.61. The highest BCUT2D eigenvalue weighted by Crippen LogP contribution is 2.46. The summed E-state index contributed by atoms with van der Waals surface area (Å²) >= 11 is 0. The van der Waals surface area contributed by atoms with E-state index < -0.39 is 5.54 Å². The van der Waals surface area contributed by atoms with Gasteiger partial charge in [-0.1, -0.05) is 30.3 Å². The van der Waals surface area contributed by atoms with Crippen LogP contribution in [0.25, 0.3) is 0 Å². The van der Waals surface area contributed by atoms with Crippen molar-refractivity contribution in [3.8, 4) is 0 Å². The van der Waals surface area contributed by atoms with E-state index in [1.54, 1.807) is 0 Å². The van der Waals surface area contributed by atoms with E-state index in [1.807, 2.05) is 32.0 Å². The molecule has 1 fully saturated rings. The molecule has 1 aromatic rings. The first-order chi connectivity index (χ1) is 7.46. The maximum Gasteiger partial charge on any atom is 0.237 e. The Morgan fingerprint density at radius 1 is 1.31 bits per heavy atom. The van der Waals surface area contributed by atoms with Crippen molar-refractivity contribution < 1.29 is 4.79 Å². The van der Waals surface area contributed by atoms with Crippen LogP contribution in [-0.4, -0.2) is 11.4 Å². The minimum atomic E-state index is -0.660. The van der Waals surface area contributed by atoms with Crippen LogP contribution in [0.3, 0.4) is 0 Å². The van der Waals surface area contributed by atoms with Crippen molar-refractivity contribution in [3.05, 3.63) is 35.9 Å². The third kappa shape index (κ3) is 1.95. The van der Waals surface area contributed by atoms with E-state index in [-0.39, 0.29) is 11.4 Å². The molecule has 86 valence electrons. The number of nitrogens with two attached hydrogens (primary N) is 1. The molecule has 0 bridgehead atoms. The van der Waals surface area contributed by atoms with Crippen molar-refractivity contribution in [2.45, 2.75) is 37.8 Å². The monoisotopic (exact) mass is 218 g/mol. The topological polar surface area (TPSA) is 55.1 Å². The average Bonchev–Trinajstić information content (AvgIpc) is 2.99. The molecule has 3 N–H and O–H groups in total. The maximum absolute atomic E-state index is 11.3. The summed E-state index contributed by atoms with van der Waals surface area (Å²) < 4.78 is 0. The van der Waals surface area contributed by atoms with Crippen molar-refractivity contribution >= 4 is 5.91 Å². The van der Waals surface area contributed by atoms with Crippen molar-refractivity contribution in [1.29, 1.82) is 0 Å². The Hall–Kier alpha value is -1.35. The molecule has 3 heteroatoms. The van der Waals surface area contributed by atoms with E-state index in [0.717, 1.165) is 12.8 Å². The highest BCUT2D eigenvalue weighted by atomic mass is 16.1. The van der Waals surface area contributed by atoms with Crippen LogP contribution in [0.4, 0.5) is 0 Å². The molecule has 0 spiro atoms. The Bertz CT molecular complexity index is 394. The molecule has 0 saturated heterocycles. The van der Waals surface area contributed by atoms with E-state index in [2.05, 4.69) is 17.4 Å². The van der Waals surface area contributed by atoms with Gasteiger partial charge in [0.2, 0.25) is 5.91 Å². The summed E-state index contributed by atoms with van der Waals surface area (Å²) in [6.45, 7) is 3.66. The molecule has 1 aliphatic rings. The van der Waals surface area contributed by atoms with Crippen LogP contribution in [-0.2, 0) is 10.3 Å². The van der Waals surface area contributed by atoms with E-state index in [1.165, 1.54) is 5.56 Å². The fourth-order valence-corrected chi connectivity index (χ4v) is 2.03. The molecule has 0 aromatic heterocycles. The van der Waals surface area contributed by atoms with Gasteiger partial charge in [-0.2, -0.15) is 0 Å². The number of rotatable bonds is 4. The zero-order valence-electron chi connectivity index (χ0n) is 9.79. The molecule has 0 radical (unpaired) electrons. The molecule has 0 heterocycles. The second-order valence-corrected chi connectivity index (χ2v) is 5.06. The standard InChI is InChI=1S/C13H18N2O/c1-12(2,11(14)16)15-13(8-9-13)10-6-4-3-5-7-10/h3-7,15H,8-9H2,1-2H3,(H2,14,16). The van der Waals surface area contributed by atoms with Crippen molar-refractivity contribution in [2.24, 2.45) is 5.73 Å². The molecule has 16 heavy (non-hydrogen) atoms. The molecule has 0 atom stereocenters. The van der Waals surface area contributed by atoms with Crippen LogP contribution in [0, 0.1) is 0 Å². The third-order valence-corrected chi connectivity index (χ3v) is 3.24. The smallest absolute Gasteiger partial charge is 0.237 e. The predicted molar refractivity (Wildman–Crippen MR) is 63.8 cm³/mol. The Morgan fingerprint density at radius 2 is 1.88 bits per heavy atom. The fourth-order valence-electron chi connectivity index (χ4n) is 2.03. The molecule has 1 amide bonds. The number of primary amides is 1. The Kier molecular flexibility index (Phi) is 2.50. The summed E-state index contributed by atoms with van der Waals surface area (Å²) in [6, 6.07) is 10.2. The lowest BCUT2D eigenvalue weighted by molar-refractivity contribution is -0.123. The zero-order chi connectivity index (χ0) is 11.8. The molecule has 0 aliphatic heterocycles. The number of carbonyl (C=O) groups excluding carboxylic acids is 1. The highest BCUT2D eigenvalue weighted by molar-refractivity contribution is 5.83. The van der Waals surface area contributed by atoms with Crippen LogP contribution in [0.15, 0.2) is 30.3 Å². The predicted octanol–water partition coefficient (Wildman–Crippen LogP) is 1.53. The van der Waals surface area contributed by atoms with Gasteiger partial charge in [0.05, 0.1) is 5.54 Å². The van der Waals surface area contributed by atoms with Crippen molar-refractivity contribution in [1.82, 2.24) is 5.32 Å². The number of hydrogen-bond donors (Lipinski definition) is 2. The largest absolute Gasteiger partial charge is 0.368 e. The normalized spacial score (nSPS) is 18.1. The van der Waals surface area contributed by atoms with Crippen LogP contribution >= 0.6 is 0 Å². The molecule has 1 saturated carbocycles. The Balaban J connectivity index is 2.19. The number of amides is 1. The van der Waals surface area contributed by atoms with Gasteiger partial charge >= 0.3 is 0 Å². The second-order valence-electron chi connectivity index (χ2n) is 5.06. The van der Waals surface area contributed by atoms with Gasteiger partial charge in [-0.3, -0.25) is 10.1 Å². The molecule has 0 unspecified atom stereocenters.